The summed E-state index contributed by atoms with van der Waals surface area (Å²) in [6, 6.07) is 16.2. The Labute approximate surface area is 204 Å². The van der Waals surface area contributed by atoms with Crippen molar-refractivity contribution >= 4 is 29.4 Å². The Morgan fingerprint density at radius 1 is 0.943 bits per heavy atom. The summed E-state index contributed by atoms with van der Waals surface area (Å²) in [6.07, 6.45) is 3.13. The van der Waals surface area contributed by atoms with Crippen molar-refractivity contribution in [3.63, 3.8) is 0 Å². The molecular formula is C28H28N2O5. The van der Waals surface area contributed by atoms with Gasteiger partial charge in [0.2, 0.25) is 17.7 Å². The van der Waals surface area contributed by atoms with Crippen LogP contribution in [0.4, 0.5) is 5.69 Å². The molecule has 0 spiro atoms. The van der Waals surface area contributed by atoms with Gasteiger partial charge in [0.1, 0.15) is 5.75 Å². The van der Waals surface area contributed by atoms with Crippen LogP contribution in [0.15, 0.2) is 54.6 Å². The number of anilines is 1. The number of amides is 3. The lowest BCUT2D eigenvalue weighted by Gasteiger charge is -2.25. The Kier molecular flexibility index (Phi) is 5.24. The smallest absolute Gasteiger partial charge is 0.316 e. The van der Waals surface area contributed by atoms with Crippen molar-refractivity contribution in [2.24, 2.45) is 29.6 Å². The van der Waals surface area contributed by atoms with Crippen molar-refractivity contribution < 1.29 is 23.9 Å². The van der Waals surface area contributed by atoms with Crippen molar-refractivity contribution in [3.8, 4) is 5.75 Å². The lowest BCUT2D eigenvalue weighted by molar-refractivity contribution is -0.139. The van der Waals surface area contributed by atoms with E-state index < -0.39 is 11.9 Å². The molecule has 0 N–H and O–H groups in total. The van der Waals surface area contributed by atoms with E-state index in [1.165, 1.54) is 4.90 Å². The molecule has 3 amide bonds. The van der Waals surface area contributed by atoms with Gasteiger partial charge in [-0.1, -0.05) is 36.4 Å². The fourth-order valence-corrected chi connectivity index (χ4v) is 6.72. The SMILES string of the molecule is C[C@H](c1ccccc1)N1C[C@H](C(=O)Oc2cccc(N3C(=O)[C@H]4[C@H]5CC[C@@H](C5)[C@@H]4C3=O)c2)CC1=O. The van der Waals surface area contributed by atoms with E-state index in [1.54, 1.807) is 29.2 Å². The highest BCUT2D eigenvalue weighted by Gasteiger charge is 2.61. The number of benzene rings is 2. The van der Waals surface area contributed by atoms with E-state index in [9.17, 15) is 19.2 Å². The van der Waals surface area contributed by atoms with E-state index in [0.717, 1.165) is 24.8 Å². The molecule has 6 rings (SSSR count). The van der Waals surface area contributed by atoms with Gasteiger partial charge in [-0.05, 0) is 55.7 Å². The summed E-state index contributed by atoms with van der Waals surface area (Å²) in [6.45, 7) is 2.25. The fourth-order valence-electron chi connectivity index (χ4n) is 6.72. The maximum atomic E-state index is 13.1. The monoisotopic (exact) mass is 472 g/mol. The second-order valence-corrected chi connectivity index (χ2v) is 10.3. The van der Waals surface area contributed by atoms with E-state index in [1.807, 2.05) is 37.3 Å². The molecule has 180 valence electrons. The first-order chi connectivity index (χ1) is 16.9. The van der Waals surface area contributed by atoms with Gasteiger partial charge in [0, 0.05) is 19.0 Å². The summed E-state index contributed by atoms with van der Waals surface area (Å²) < 4.78 is 5.63. The summed E-state index contributed by atoms with van der Waals surface area (Å²) in [4.78, 5) is 54.9. The number of ether oxygens (including phenoxy) is 1. The number of nitrogens with zero attached hydrogens (tertiary/aromatic N) is 2. The average molecular weight is 473 g/mol. The first kappa shape index (κ1) is 22.0. The van der Waals surface area contributed by atoms with Gasteiger partial charge in [0.05, 0.1) is 29.5 Å². The van der Waals surface area contributed by atoms with Gasteiger partial charge < -0.3 is 9.64 Å². The van der Waals surface area contributed by atoms with Gasteiger partial charge >= 0.3 is 5.97 Å². The molecule has 0 unspecified atom stereocenters. The van der Waals surface area contributed by atoms with Crippen LogP contribution in [0, 0.1) is 29.6 Å². The Hall–Kier alpha value is -3.48. The maximum absolute atomic E-state index is 13.1. The third-order valence-corrected chi connectivity index (χ3v) is 8.46. The zero-order valence-electron chi connectivity index (χ0n) is 19.6. The van der Waals surface area contributed by atoms with E-state index in [0.29, 0.717) is 24.1 Å². The molecule has 2 aliphatic heterocycles. The average Bonchev–Trinajstić information content (AvgIpc) is 3.63. The summed E-state index contributed by atoms with van der Waals surface area (Å²) >= 11 is 0. The molecular weight excluding hydrogens is 444 g/mol. The number of carbonyl (C=O) groups excluding carboxylic acids is 4. The molecule has 2 aromatic rings. The predicted molar refractivity (Wildman–Crippen MR) is 127 cm³/mol. The molecule has 7 nitrogen and oxygen atoms in total. The highest BCUT2D eigenvalue weighted by Crippen LogP contribution is 2.56. The second-order valence-electron chi connectivity index (χ2n) is 10.3. The van der Waals surface area contributed by atoms with Crippen LogP contribution in [0.2, 0.25) is 0 Å². The van der Waals surface area contributed by atoms with Crippen LogP contribution in [0.25, 0.3) is 0 Å². The molecule has 2 saturated heterocycles. The maximum Gasteiger partial charge on any atom is 0.316 e. The van der Waals surface area contributed by atoms with E-state index in [2.05, 4.69) is 0 Å². The van der Waals surface area contributed by atoms with Crippen LogP contribution in [-0.4, -0.2) is 35.1 Å². The predicted octanol–water partition coefficient (Wildman–Crippen LogP) is 3.74. The molecule has 2 aromatic carbocycles. The molecule has 4 fully saturated rings. The quantitative estimate of drug-likeness (QED) is 0.376. The van der Waals surface area contributed by atoms with Crippen molar-refractivity contribution in [3.05, 3.63) is 60.2 Å². The second kappa shape index (κ2) is 8.33. The molecule has 35 heavy (non-hydrogen) atoms. The fraction of sp³-hybridized carbons (Fsp3) is 0.429. The molecule has 0 radical (unpaired) electrons. The Bertz CT molecular complexity index is 1180. The van der Waals surface area contributed by atoms with Crippen LogP contribution in [0.1, 0.15) is 44.2 Å². The number of hydrogen-bond donors (Lipinski definition) is 0. The molecule has 2 saturated carbocycles. The number of likely N-dealkylation sites (tertiary alicyclic amines) is 1. The Morgan fingerprint density at radius 2 is 1.63 bits per heavy atom. The number of carbonyl (C=O) groups is 4. The third-order valence-electron chi connectivity index (χ3n) is 8.46. The van der Waals surface area contributed by atoms with Gasteiger partial charge in [0.15, 0.2) is 0 Å². The normalized spacial score (nSPS) is 30.2. The van der Waals surface area contributed by atoms with Crippen molar-refractivity contribution in [2.45, 2.75) is 38.6 Å². The Balaban J connectivity index is 1.15. The summed E-state index contributed by atoms with van der Waals surface area (Å²) in [5.41, 5.74) is 1.46. The minimum absolute atomic E-state index is 0.0773. The lowest BCUT2D eigenvalue weighted by Crippen LogP contribution is -2.32. The number of imide groups is 1. The van der Waals surface area contributed by atoms with Gasteiger partial charge in [-0.25, -0.2) is 4.90 Å². The van der Waals surface area contributed by atoms with Gasteiger partial charge in [0.25, 0.3) is 0 Å². The summed E-state index contributed by atoms with van der Waals surface area (Å²) in [5.74, 6) is -0.868. The minimum atomic E-state index is -0.567. The number of hydrogen-bond acceptors (Lipinski definition) is 5. The minimum Gasteiger partial charge on any atom is -0.426 e. The number of rotatable bonds is 5. The highest BCUT2D eigenvalue weighted by atomic mass is 16.5. The van der Waals surface area contributed by atoms with Crippen LogP contribution in [-0.2, 0) is 19.2 Å². The standard InChI is InChI=1S/C28H28N2O5/c1-16(17-6-3-2-4-7-17)29-15-20(13-23(29)31)28(34)35-22-9-5-8-21(14-22)30-26(32)24-18-10-11-19(12-18)25(24)27(30)33/h2-9,14,16,18-20,24-25H,10-13,15H2,1H3/t16-,18+,19+,20-,24+,25+/m1/s1. The molecule has 2 heterocycles. The number of fused-ring (bicyclic) bond motifs is 5. The largest absolute Gasteiger partial charge is 0.426 e. The molecule has 2 aliphatic carbocycles. The topological polar surface area (TPSA) is 84.0 Å². The van der Waals surface area contributed by atoms with Crippen molar-refractivity contribution in [2.75, 3.05) is 11.4 Å². The number of esters is 1. The van der Waals surface area contributed by atoms with Gasteiger partial charge in [-0.15, -0.1) is 0 Å². The van der Waals surface area contributed by atoms with Crippen molar-refractivity contribution in [1.82, 2.24) is 4.90 Å². The van der Waals surface area contributed by atoms with Crippen LogP contribution in [0.5, 0.6) is 5.75 Å². The van der Waals surface area contributed by atoms with E-state index >= 15 is 0 Å². The summed E-state index contributed by atoms with van der Waals surface area (Å²) in [7, 11) is 0. The van der Waals surface area contributed by atoms with Crippen LogP contribution in [0.3, 0.4) is 0 Å². The Morgan fingerprint density at radius 3 is 2.31 bits per heavy atom. The van der Waals surface area contributed by atoms with E-state index in [-0.39, 0.29) is 47.8 Å². The highest BCUT2D eigenvalue weighted by molar-refractivity contribution is 6.22. The molecule has 7 heteroatoms. The summed E-state index contributed by atoms with van der Waals surface area (Å²) in [5, 5.41) is 0. The van der Waals surface area contributed by atoms with Crippen LogP contribution >= 0.6 is 0 Å². The first-order valence-electron chi connectivity index (χ1n) is 12.5. The lowest BCUT2D eigenvalue weighted by atomic mass is 9.81. The van der Waals surface area contributed by atoms with Crippen molar-refractivity contribution in [1.29, 1.82) is 0 Å². The molecule has 2 bridgehead atoms. The third kappa shape index (κ3) is 3.56. The van der Waals surface area contributed by atoms with Gasteiger partial charge in [-0.3, -0.25) is 19.2 Å². The zero-order chi connectivity index (χ0) is 24.3. The molecule has 6 atom stereocenters. The molecule has 0 aromatic heterocycles. The zero-order valence-corrected chi connectivity index (χ0v) is 19.6. The first-order valence-corrected chi connectivity index (χ1v) is 12.5. The molecule has 4 aliphatic rings. The van der Waals surface area contributed by atoms with E-state index in [4.69, 9.17) is 4.74 Å². The van der Waals surface area contributed by atoms with Gasteiger partial charge in [-0.2, -0.15) is 0 Å². The van der Waals surface area contributed by atoms with Crippen LogP contribution < -0.4 is 9.64 Å².